The molecule has 0 aliphatic carbocycles. The van der Waals surface area contributed by atoms with Crippen molar-refractivity contribution in [2.45, 2.75) is 25.8 Å². The Morgan fingerprint density at radius 1 is 1.26 bits per heavy atom. The van der Waals surface area contributed by atoms with Crippen LogP contribution in [0.25, 0.3) is 0 Å². The van der Waals surface area contributed by atoms with Crippen LogP contribution in [-0.4, -0.2) is 39.5 Å². The maximum atomic E-state index is 5.70. The third-order valence-electron chi connectivity index (χ3n) is 3.15. The third-order valence-corrected chi connectivity index (χ3v) is 3.15. The number of benzene rings is 1. The number of fused-ring (bicyclic) bond motifs is 1. The molecule has 1 N–H and O–H groups in total. The smallest absolute Gasteiger partial charge is 0.161 e. The van der Waals surface area contributed by atoms with Crippen LogP contribution in [0.4, 0.5) is 0 Å². The van der Waals surface area contributed by atoms with Gasteiger partial charge in [0, 0.05) is 26.1 Å². The number of nitrogens with one attached hydrogen (secondary N) is 1. The highest BCUT2D eigenvalue weighted by molar-refractivity contribution is 5.43. The molecule has 0 aromatic heterocycles. The van der Waals surface area contributed by atoms with Crippen molar-refractivity contribution in [2.75, 3.05) is 33.5 Å². The van der Waals surface area contributed by atoms with Crippen LogP contribution in [0.3, 0.4) is 0 Å². The van der Waals surface area contributed by atoms with Gasteiger partial charge in [-0.05, 0) is 31.0 Å². The number of hydrogen-bond donors (Lipinski definition) is 1. The molecule has 1 unspecified atom stereocenters. The summed E-state index contributed by atoms with van der Waals surface area (Å²) in [6, 6.07) is 6.63. The summed E-state index contributed by atoms with van der Waals surface area (Å²) in [7, 11) is 1.72. The average molecular weight is 265 g/mol. The molecule has 1 aromatic rings. The Bertz CT molecular complexity index is 395. The molecule has 1 aromatic carbocycles. The van der Waals surface area contributed by atoms with E-state index in [1.165, 1.54) is 5.56 Å². The summed E-state index contributed by atoms with van der Waals surface area (Å²) in [4.78, 5) is 0. The lowest BCUT2D eigenvalue weighted by atomic mass is 10.1. The van der Waals surface area contributed by atoms with Gasteiger partial charge >= 0.3 is 0 Å². The van der Waals surface area contributed by atoms with E-state index >= 15 is 0 Å². The van der Waals surface area contributed by atoms with Crippen molar-refractivity contribution >= 4 is 0 Å². The largest absolute Gasteiger partial charge is 0.490 e. The lowest BCUT2D eigenvalue weighted by Crippen LogP contribution is -2.30. The first kappa shape index (κ1) is 14.2. The second kappa shape index (κ2) is 7.36. The number of hydrogen-bond acceptors (Lipinski definition) is 4. The molecular weight excluding hydrogens is 242 g/mol. The molecule has 0 fully saturated rings. The van der Waals surface area contributed by atoms with Gasteiger partial charge in [0.05, 0.1) is 19.8 Å². The molecule has 1 aliphatic rings. The minimum atomic E-state index is 0.417. The van der Waals surface area contributed by atoms with Crippen molar-refractivity contribution in [3.8, 4) is 11.5 Å². The van der Waals surface area contributed by atoms with Crippen LogP contribution in [0.2, 0.25) is 0 Å². The van der Waals surface area contributed by atoms with Crippen molar-refractivity contribution in [3.63, 3.8) is 0 Å². The fourth-order valence-corrected chi connectivity index (χ4v) is 2.17. The Morgan fingerprint density at radius 2 is 2.05 bits per heavy atom. The summed E-state index contributed by atoms with van der Waals surface area (Å²) >= 11 is 0. The fourth-order valence-electron chi connectivity index (χ4n) is 2.17. The summed E-state index contributed by atoms with van der Waals surface area (Å²) in [6.07, 6.45) is 1.92. The molecule has 2 rings (SSSR count). The Labute approximate surface area is 115 Å². The monoisotopic (exact) mass is 265 g/mol. The molecule has 0 radical (unpaired) electrons. The molecule has 0 spiro atoms. The molecule has 0 amide bonds. The number of ether oxygens (including phenoxy) is 3. The quantitative estimate of drug-likeness (QED) is 0.799. The molecule has 1 heterocycles. The second-order valence-electron chi connectivity index (χ2n) is 4.88. The van der Waals surface area contributed by atoms with Gasteiger partial charge in [-0.3, -0.25) is 0 Å². The normalized spacial score (nSPS) is 15.9. The van der Waals surface area contributed by atoms with Crippen LogP contribution in [0.1, 0.15) is 18.9 Å². The highest BCUT2D eigenvalue weighted by atomic mass is 16.5. The van der Waals surface area contributed by atoms with Gasteiger partial charge < -0.3 is 19.5 Å². The predicted molar refractivity (Wildman–Crippen MR) is 75.1 cm³/mol. The van der Waals surface area contributed by atoms with E-state index < -0.39 is 0 Å². The van der Waals surface area contributed by atoms with Gasteiger partial charge in [0.1, 0.15) is 0 Å². The topological polar surface area (TPSA) is 39.7 Å². The standard InChI is InChI=1S/C15H23NO3/c1-12(16-6-9-17-2)10-13-4-5-14-15(11-13)19-8-3-7-18-14/h4-5,11-12,16H,3,6-10H2,1-2H3. The molecule has 1 aliphatic heterocycles. The molecular formula is C15H23NO3. The zero-order valence-corrected chi connectivity index (χ0v) is 11.8. The van der Waals surface area contributed by atoms with Gasteiger partial charge in [-0.25, -0.2) is 0 Å². The third kappa shape index (κ3) is 4.40. The van der Waals surface area contributed by atoms with E-state index in [9.17, 15) is 0 Å². The fraction of sp³-hybridized carbons (Fsp3) is 0.600. The van der Waals surface area contributed by atoms with E-state index in [2.05, 4.69) is 24.4 Å². The predicted octanol–water partition coefficient (Wildman–Crippen LogP) is 2.01. The SMILES string of the molecule is COCCNC(C)Cc1ccc2c(c1)OCCCO2. The van der Waals surface area contributed by atoms with Crippen LogP contribution in [-0.2, 0) is 11.2 Å². The van der Waals surface area contributed by atoms with Gasteiger partial charge in [-0.15, -0.1) is 0 Å². The number of methoxy groups -OCH3 is 1. The first-order valence-corrected chi connectivity index (χ1v) is 6.90. The Morgan fingerprint density at radius 3 is 2.84 bits per heavy atom. The molecule has 1 atom stereocenters. The first-order valence-electron chi connectivity index (χ1n) is 6.90. The van der Waals surface area contributed by atoms with Gasteiger partial charge in [0.25, 0.3) is 0 Å². The zero-order chi connectivity index (χ0) is 13.5. The van der Waals surface area contributed by atoms with Gasteiger partial charge in [-0.1, -0.05) is 6.07 Å². The van der Waals surface area contributed by atoms with E-state index in [-0.39, 0.29) is 0 Å². The van der Waals surface area contributed by atoms with Crippen LogP contribution in [0, 0.1) is 0 Å². The van der Waals surface area contributed by atoms with E-state index in [1.807, 2.05) is 6.07 Å². The van der Waals surface area contributed by atoms with Crippen molar-refractivity contribution < 1.29 is 14.2 Å². The minimum absolute atomic E-state index is 0.417. The Balaban J connectivity index is 1.92. The average Bonchev–Trinajstić information content (AvgIpc) is 2.63. The number of rotatable bonds is 6. The molecule has 106 valence electrons. The first-order chi connectivity index (χ1) is 9.29. The maximum Gasteiger partial charge on any atom is 0.161 e. The lowest BCUT2D eigenvalue weighted by Gasteiger charge is -2.15. The summed E-state index contributed by atoms with van der Waals surface area (Å²) in [5.41, 5.74) is 1.27. The summed E-state index contributed by atoms with van der Waals surface area (Å²) in [5, 5.41) is 3.43. The van der Waals surface area contributed by atoms with E-state index in [4.69, 9.17) is 14.2 Å². The second-order valence-corrected chi connectivity index (χ2v) is 4.88. The van der Waals surface area contributed by atoms with Crippen LogP contribution >= 0.6 is 0 Å². The summed E-state index contributed by atoms with van der Waals surface area (Å²) < 4.78 is 16.4. The van der Waals surface area contributed by atoms with Crippen LogP contribution in [0.5, 0.6) is 11.5 Å². The van der Waals surface area contributed by atoms with Crippen molar-refractivity contribution in [1.82, 2.24) is 5.32 Å². The van der Waals surface area contributed by atoms with E-state index in [0.717, 1.165) is 50.7 Å². The summed E-state index contributed by atoms with van der Waals surface area (Å²) in [5.74, 6) is 1.74. The highest BCUT2D eigenvalue weighted by Crippen LogP contribution is 2.30. The van der Waals surface area contributed by atoms with Crippen molar-refractivity contribution in [1.29, 1.82) is 0 Å². The van der Waals surface area contributed by atoms with Crippen molar-refractivity contribution in [2.24, 2.45) is 0 Å². The molecule has 19 heavy (non-hydrogen) atoms. The summed E-state index contributed by atoms with van der Waals surface area (Å²) in [6.45, 7) is 5.27. The Hall–Kier alpha value is -1.26. The highest BCUT2D eigenvalue weighted by Gasteiger charge is 2.11. The zero-order valence-electron chi connectivity index (χ0n) is 11.8. The van der Waals surface area contributed by atoms with Crippen molar-refractivity contribution in [3.05, 3.63) is 23.8 Å². The Kier molecular flexibility index (Phi) is 5.48. The molecule has 4 heteroatoms. The molecule has 0 saturated carbocycles. The molecule has 0 saturated heterocycles. The van der Waals surface area contributed by atoms with E-state index in [1.54, 1.807) is 7.11 Å². The van der Waals surface area contributed by atoms with Crippen LogP contribution in [0.15, 0.2) is 18.2 Å². The maximum absolute atomic E-state index is 5.70. The molecule has 0 bridgehead atoms. The minimum Gasteiger partial charge on any atom is -0.490 e. The molecule has 4 nitrogen and oxygen atoms in total. The van der Waals surface area contributed by atoms with E-state index in [0.29, 0.717) is 6.04 Å². The van der Waals surface area contributed by atoms with Gasteiger partial charge in [-0.2, -0.15) is 0 Å². The van der Waals surface area contributed by atoms with Crippen LogP contribution < -0.4 is 14.8 Å². The van der Waals surface area contributed by atoms with Gasteiger partial charge in [0.15, 0.2) is 11.5 Å². The lowest BCUT2D eigenvalue weighted by molar-refractivity contribution is 0.196. The van der Waals surface area contributed by atoms with Gasteiger partial charge in [0.2, 0.25) is 0 Å².